The van der Waals surface area contributed by atoms with Gasteiger partial charge in [0, 0.05) is 29.0 Å². The Labute approximate surface area is 185 Å². The van der Waals surface area contributed by atoms with Gasteiger partial charge in [0.1, 0.15) is 11.3 Å². The molecule has 0 aliphatic rings. The molecule has 2 heterocycles. The summed E-state index contributed by atoms with van der Waals surface area (Å²) in [6.07, 6.45) is 1.71. The highest BCUT2D eigenvalue weighted by molar-refractivity contribution is 6.18. The molecule has 0 saturated carbocycles. The van der Waals surface area contributed by atoms with E-state index < -0.39 is 5.91 Å². The molecule has 2 aromatic heterocycles. The Balaban J connectivity index is 1.85. The van der Waals surface area contributed by atoms with Crippen molar-refractivity contribution in [3.05, 3.63) is 66.9 Å². The maximum absolute atomic E-state index is 11.5. The summed E-state index contributed by atoms with van der Waals surface area (Å²) >= 11 is 0. The van der Waals surface area contributed by atoms with Crippen LogP contribution in [0.25, 0.3) is 39.1 Å². The number of furan rings is 1. The number of carbonyl (C=O) groups excluding carboxylic acids is 1. The van der Waals surface area contributed by atoms with E-state index in [-0.39, 0.29) is 5.57 Å². The molecule has 32 heavy (non-hydrogen) atoms. The molecule has 0 fully saturated rings. The number of primary amides is 1. The molecule has 7 nitrogen and oxygen atoms in total. The largest absolute Gasteiger partial charge is 0.493 e. The van der Waals surface area contributed by atoms with Crippen LogP contribution in [0.5, 0.6) is 17.2 Å². The molecule has 0 aliphatic carbocycles. The molecule has 0 spiro atoms. The van der Waals surface area contributed by atoms with Gasteiger partial charge in [0.05, 0.1) is 21.3 Å². The number of ether oxygens (including phenoxy) is 3. The number of nitrogens with two attached hydrogens (primary N) is 1. The van der Waals surface area contributed by atoms with Gasteiger partial charge >= 0.3 is 0 Å². The lowest BCUT2D eigenvalue weighted by atomic mass is 10.0. The van der Waals surface area contributed by atoms with Crippen molar-refractivity contribution in [1.82, 2.24) is 4.98 Å². The number of carbonyl (C=O) groups is 1. The number of aromatic nitrogens is 1. The van der Waals surface area contributed by atoms with Crippen LogP contribution in [0.4, 0.5) is 0 Å². The second kappa shape index (κ2) is 8.47. The summed E-state index contributed by atoms with van der Waals surface area (Å²) in [5.74, 6) is 1.62. The van der Waals surface area contributed by atoms with E-state index in [1.54, 1.807) is 33.6 Å². The van der Waals surface area contributed by atoms with Crippen LogP contribution in [-0.4, -0.2) is 32.2 Å². The maximum Gasteiger partial charge on any atom is 0.248 e. The molecule has 0 unspecified atom stereocenters. The van der Waals surface area contributed by atoms with Crippen molar-refractivity contribution in [3.8, 4) is 39.7 Å². The zero-order chi connectivity index (χ0) is 22.8. The van der Waals surface area contributed by atoms with Crippen LogP contribution in [-0.2, 0) is 4.79 Å². The van der Waals surface area contributed by atoms with Crippen molar-refractivity contribution in [2.45, 2.75) is 0 Å². The number of hydrogen-bond donors (Lipinski definition) is 1. The van der Waals surface area contributed by atoms with Crippen molar-refractivity contribution in [2.75, 3.05) is 21.3 Å². The van der Waals surface area contributed by atoms with Crippen molar-refractivity contribution < 1.29 is 23.4 Å². The molecule has 1 amide bonds. The lowest BCUT2D eigenvalue weighted by molar-refractivity contribution is -0.112. The highest BCUT2D eigenvalue weighted by Crippen LogP contribution is 2.43. The molecule has 0 atom stereocenters. The van der Waals surface area contributed by atoms with Gasteiger partial charge in [0.2, 0.25) is 11.7 Å². The Bertz CT molecular complexity index is 1310. The van der Waals surface area contributed by atoms with Gasteiger partial charge in [-0.3, -0.25) is 9.78 Å². The van der Waals surface area contributed by atoms with Crippen LogP contribution in [0.2, 0.25) is 0 Å². The van der Waals surface area contributed by atoms with E-state index in [0.717, 1.165) is 16.7 Å². The number of rotatable bonds is 7. The number of fused-ring (bicyclic) bond motifs is 1. The summed E-state index contributed by atoms with van der Waals surface area (Å²) in [4.78, 5) is 15.9. The van der Waals surface area contributed by atoms with Gasteiger partial charge in [0.15, 0.2) is 17.1 Å². The first-order valence-corrected chi connectivity index (χ1v) is 9.75. The summed E-state index contributed by atoms with van der Waals surface area (Å²) in [6, 6.07) is 14.7. The number of benzene rings is 2. The third-order valence-corrected chi connectivity index (χ3v) is 5.18. The summed E-state index contributed by atoms with van der Waals surface area (Å²) in [5.41, 5.74) is 9.95. The van der Waals surface area contributed by atoms with E-state index in [1.807, 2.05) is 42.5 Å². The van der Waals surface area contributed by atoms with Crippen LogP contribution in [0.15, 0.2) is 65.7 Å². The first-order valence-electron chi connectivity index (χ1n) is 9.75. The Morgan fingerprint density at radius 3 is 2.31 bits per heavy atom. The molecule has 0 radical (unpaired) electrons. The van der Waals surface area contributed by atoms with Crippen LogP contribution in [0.1, 0.15) is 5.56 Å². The van der Waals surface area contributed by atoms with Gasteiger partial charge in [-0.25, -0.2) is 0 Å². The topological polar surface area (TPSA) is 96.8 Å². The van der Waals surface area contributed by atoms with E-state index in [0.29, 0.717) is 39.7 Å². The predicted octanol–water partition coefficient (Wildman–Crippen LogP) is 4.69. The van der Waals surface area contributed by atoms with Gasteiger partial charge < -0.3 is 24.4 Å². The van der Waals surface area contributed by atoms with Crippen molar-refractivity contribution >= 4 is 22.6 Å². The fourth-order valence-electron chi connectivity index (χ4n) is 3.55. The first kappa shape index (κ1) is 21.0. The van der Waals surface area contributed by atoms with Crippen molar-refractivity contribution in [2.24, 2.45) is 5.73 Å². The second-order valence-corrected chi connectivity index (χ2v) is 7.02. The van der Waals surface area contributed by atoms with Crippen LogP contribution >= 0.6 is 0 Å². The fourth-order valence-corrected chi connectivity index (χ4v) is 3.55. The van der Waals surface area contributed by atoms with Gasteiger partial charge in [-0.15, -0.1) is 0 Å². The third kappa shape index (κ3) is 3.65. The molecule has 162 valence electrons. The van der Waals surface area contributed by atoms with Crippen LogP contribution in [0, 0.1) is 0 Å². The first-order chi connectivity index (χ1) is 15.5. The lowest BCUT2D eigenvalue weighted by Gasteiger charge is -2.14. The smallest absolute Gasteiger partial charge is 0.248 e. The minimum absolute atomic E-state index is 0.235. The molecule has 2 aromatic carbocycles. The molecule has 4 aromatic rings. The number of pyridine rings is 1. The highest BCUT2D eigenvalue weighted by Gasteiger charge is 2.18. The summed E-state index contributed by atoms with van der Waals surface area (Å²) < 4.78 is 22.6. The van der Waals surface area contributed by atoms with Gasteiger partial charge in [-0.1, -0.05) is 24.8 Å². The number of nitrogens with zero attached hydrogens (tertiary/aromatic N) is 1. The van der Waals surface area contributed by atoms with Crippen LogP contribution in [0.3, 0.4) is 0 Å². The maximum atomic E-state index is 11.5. The van der Waals surface area contributed by atoms with E-state index in [2.05, 4.69) is 11.6 Å². The van der Waals surface area contributed by atoms with E-state index >= 15 is 0 Å². The van der Waals surface area contributed by atoms with Gasteiger partial charge in [-0.05, 0) is 35.4 Å². The standard InChI is InChI=1S/C25H22N2O5/c1-14(25(26)28)15-6-5-7-16(10-15)20-13-19-23(32-20)18(8-9-27-19)17-11-21(29-2)24(31-4)22(12-17)30-3/h5-13H,1H2,2-4H3,(H2,26,28). The van der Waals surface area contributed by atoms with E-state index in [9.17, 15) is 4.79 Å². The van der Waals surface area contributed by atoms with Gasteiger partial charge in [0.25, 0.3) is 0 Å². The van der Waals surface area contributed by atoms with E-state index in [4.69, 9.17) is 24.4 Å². The second-order valence-electron chi connectivity index (χ2n) is 7.02. The van der Waals surface area contributed by atoms with Gasteiger partial charge in [-0.2, -0.15) is 0 Å². The SMILES string of the molecule is C=C(C(N)=O)c1cccc(-c2cc3nccc(-c4cc(OC)c(OC)c(OC)c4)c3o2)c1. The minimum atomic E-state index is -0.571. The third-order valence-electron chi connectivity index (χ3n) is 5.18. The molecule has 0 bridgehead atoms. The molecule has 0 saturated heterocycles. The predicted molar refractivity (Wildman–Crippen MR) is 123 cm³/mol. The van der Waals surface area contributed by atoms with Crippen molar-refractivity contribution in [1.29, 1.82) is 0 Å². The normalized spacial score (nSPS) is 10.7. The summed E-state index contributed by atoms with van der Waals surface area (Å²) in [6.45, 7) is 3.75. The number of amides is 1. The lowest BCUT2D eigenvalue weighted by Crippen LogP contribution is -2.11. The zero-order valence-electron chi connectivity index (χ0n) is 18.0. The molecular formula is C25H22N2O5. The summed E-state index contributed by atoms with van der Waals surface area (Å²) in [7, 11) is 4.70. The Kier molecular flexibility index (Phi) is 5.55. The number of hydrogen-bond acceptors (Lipinski definition) is 6. The quantitative estimate of drug-likeness (QED) is 0.428. The average Bonchev–Trinajstić information content (AvgIpc) is 3.27. The molecule has 0 aliphatic heterocycles. The number of methoxy groups -OCH3 is 3. The Morgan fingerprint density at radius 2 is 1.69 bits per heavy atom. The molecule has 7 heteroatoms. The average molecular weight is 430 g/mol. The van der Waals surface area contributed by atoms with Crippen molar-refractivity contribution in [3.63, 3.8) is 0 Å². The molecule has 4 rings (SSSR count). The zero-order valence-corrected chi connectivity index (χ0v) is 18.0. The summed E-state index contributed by atoms with van der Waals surface area (Å²) in [5, 5.41) is 0. The van der Waals surface area contributed by atoms with Crippen LogP contribution < -0.4 is 19.9 Å². The monoisotopic (exact) mass is 430 g/mol. The minimum Gasteiger partial charge on any atom is -0.493 e. The molecular weight excluding hydrogens is 408 g/mol. The Morgan fingerprint density at radius 1 is 0.969 bits per heavy atom. The van der Waals surface area contributed by atoms with E-state index in [1.165, 1.54) is 0 Å². The Hall–Kier alpha value is -4.26. The fraction of sp³-hybridized carbons (Fsp3) is 0.120. The molecule has 2 N–H and O–H groups in total. The highest BCUT2D eigenvalue weighted by atomic mass is 16.5.